The number of rotatable bonds is 5. The summed E-state index contributed by atoms with van der Waals surface area (Å²) in [5.74, 6) is 0.483. The van der Waals surface area contributed by atoms with Crippen molar-refractivity contribution < 1.29 is 14.3 Å². The van der Waals surface area contributed by atoms with Crippen molar-refractivity contribution in [3.8, 4) is 5.75 Å². The molecule has 172 valence electrons. The predicted octanol–water partition coefficient (Wildman–Crippen LogP) is 4.91. The first kappa shape index (κ1) is 21.6. The zero-order chi connectivity index (χ0) is 23.0. The monoisotopic (exact) mass is 445 g/mol. The normalized spacial score (nSPS) is 21.2. The van der Waals surface area contributed by atoms with Crippen molar-refractivity contribution >= 4 is 28.4 Å². The van der Waals surface area contributed by atoms with Crippen LogP contribution >= 0.6 is 0 Å². The van der Waals surface area contributed by atoms with Gasteiger partial charge in [0.25, 0.3) is 5.91 Å². The fraction of sp³-hybridized carbons (Fsp3) is 0.407. The molecular weight excluding hydrogens is 414 g/mol. The first-order valence-electron chi connectivity index (χ1n) is 12.0. The van der Waals surface area contributed by atoms with E-state index < -0.39 is 5.54 Å². The van der Waals surface area contributed by atoms with E-state index in [2.05, 4.69) is 5.32 Å². The number of carbonyl (C=O) groups is 2. The Hall–Kier alpha value is -3.28. The third kappa shape index (κ3) is 3.77. The van der Waals surface area contributed by atoms with Crippen LogP contribution in [-0.2, 0) is 11.3 Å². The number of amides is 2. The van der Waals surface area contributed by atoms with Crippen molar-refractivity contribution in [2.45, 2.75) is 64.1 Å². The molecule has 6 heteroatoms. The summed E-state index contributed by atoms with van der Waals surface area (Å²) in [5, 5.41) is 4.29. The summed E-state index contributed by atoms with van der Waals surface area (Å²) in [6, 6.07) is 17.5. The number of para-hydroxylation sites is 1. The quantitative estimate of drug-likeness (QED) is 0.607. The Morgan fingerprint density at radius 3 is 2.55 bits per heavy atom. The van der Waals surface area contributed by atoms with Crippen molar-refractivity contribution in [1.29, 1.82) is 0 Å². The Morgan fingerprint density at radius 1 is 1.09 bits per heavy atom. The molecule has 3 aromatic rings. The molecular formula is C27H31N3O3. The number of hydrogen-bond donors (Lipinski definition) is 1. The van der Waals surface area contributed by atoms with Crippen LogP contribution in [0.4, 0.5) is 5.69 Å². The number of carbonyl (C=O) groups excluding carboxylic acids is 2. The van der Waals surface area contributed by atoms with Crippen LogP contribution < -0.4 is 15.0 Å². The highest BCUT2D eigenvalue weighted by atomic mass is 16.5. The largest absolute Gasteiger partial charge is 0.494 e. The van der Waals surface area contributed by atoms with Gasteiger partial charge in [0.15, 0.2) is 0 Å². The molecule has 1 aliphatic carbocycles. The van der Waals surface area contributed by atoms with Gasteiger partial charge >= 0.3 is 0 Å². The number of ether oxygens (including phenoxy) is 1. The minimum atomic E-state index is -1.06. The highest BCUT2D eigenvalue weighted by molar-refractivity contribution is 6.14. The zero-order valence-corrected chi connectivity index (χ0v) is 19.3. The van der Waals surface area contributed by atoms with Gasteiger partial charge in [-0.25, -0.2) is 0 Å². The second-order valence-electron chi connectivity index (χ2n) is 9.32. The molecule has 1 N–H and O–H groups in total. The average molecular weight is 446 g/mol. The van der Waals surface area contributed by atoms with Crippen LogP contribution in [0, 0.1) is 0 Å². The Kier molecular flexibility index (Phi) is 5.60. The number of benzene rings is 2. The van der Waals surface area contributed by atoms with Gasteiger partial charge in [0, 0.05) is 22.6 Å². The molecule has 33 heavy (non-hydrogen) atoms. The Morgan fingerprint density at radius 2 is 1.82 bits per heavy atom. The maximum Gasteiger partial charge on any atom is 0.275 e. The SMILES string of the molecule is CCOc1ccc(N2C(=O)c3cc4ccccc4n3C[C@@]2(C)C(=O)NC2CCCCC2)cc1. The third-order valence-corrected chi connectivity index (χ3v) is 7.03. The Bertz CT molecular complexity index is 1180. The number of fused-ring (bicyclic) bond motifs is 3. The lowest BCUT2D eigenvalue weighted by atomic mass is 9.91. The first-order valence-corrected chi connectivity index (χ1v) is 12.0. The number of nitrogens with one attached hydrogen (secondary N) is 1. The maximum atomic E-state index is 13.9. The van der Waals surface area contributed by atoms with E-state index in [0.717, 1.165) is 42.3 Å². The standard InChI is InChI=1S/C27H31N3O3/c1-3-33-22-15-13-21(14-16-22)30-25(31)24-17-19-9-7-8-12-23(19)29(24)18-27(30,2)26(32)28-20-10-5-4-6-11-20/h7-9,12-17,20H,3-6,10-11,18H2,1-2H3,(H,28,32)/t27-/m0/s1. The number of hydrogen-bond acceptors (Lipinski definition) is 3. The van der Waals surface area contributed by atoms with E-state index in [1.54, 1.807) is 4.90 Å². The summed E-state index contributed by atoms with van der Waals surface area (Å²) >= 11 is 0. The second-order valence-corrected chi connectivity index (χ2v) is 9.32. The molecule has 2 aliphatic rings. The number of nitrogens with zero attached hydrogens (tertiary/aromatic N) is 2. The minimum absolute atomic E-state index is 0.0972. The molecule has 0 bridgehead atoms. The fourth-order valence-corrected chi connectivity index (χ4v) is 5.30. The van der Waals surface area contributed by atoms with Crippen LogP contribution in [0.15, 0.2) is 54.6 Å². The van der Waals surface area contributed by atoms with Crippen LogP contribution in [-0.4, -0.2) is 34.6 Å². The van der Waals surface area contributed by atoms with Gasteiger partial charge in [-0.3, -0.25) is 14.5 Å². The van der Waals surface area contributed by atoms with Gasteiger partial charge in [0.2, 0.25) is 5.91 Å². The summed E-state index contributed by atoms with van der Waals surface area (Å²) < 4.78 is 7.59. The summed E-state index contributed by atoms with van der Waals surface area (Å²) in [6.07, 6.45) is 5.48. The smallest absolute Gasteiger partial charge is 0.275 e. The van der Waals surface area contributed by atoms with E-state index >= 15 is 0 Å². The van der Waals surface area contributed by atoms with Crippen molar-refractivity contribution in [3.05, 3.63) is 60.3 Å². The highest BCUT2D eigenvalue weighted by Crippen LogP contribution is 2.36. The molecule has 1 aromatic heterocycles. The van der Waals surface area contributed by atoms with Crippen molar-refractivity contribution in [1.82, 2.24) is 9.88 Å². The van der Waals surface area contributed by atoms with Crippen LogP contribution in [0.5, 0.6) is 5.75 Å². The molecule has 1 atom stereocenters. The third-order valence-electron chi connectivity index (χ3n) is 7.03. The van der Waals surface area contributed by atoms with Crippen LogP contribution in [0.1, 0.15) is 56.4 Å². The molecule has 1 saturated carbocycles. The van der Waals surface area contributed by atoms with Crippen LogP contribution in [0.25, 0.3) is 10.9 Å². The van der Waals surface area contributed by atoms with E-state index in [1.165, 1.54) is 6.42 Å². The molecule has 2 aromatic carbocycles. The van der Waals surface area contributed by atoms with Gasteiger partial charge < -0.3 is 14.6 Å². The lowest BCUT2D eigenvalue weighted by Gasteiger charge is -2.44. The highest BCUT2D eigenvalue weighted by Gasteiger charge is 2.49. The van der Waals surface area contributed by atoms with Gasteiger partial charge in [0.1, 0.15) is 17.0 Å². The summed E-state index contributed by atoms with van der Waals surface area (Å²) in [7, 11) is 0. The van der Waals surface area contributed by atoms with Gasteiger partial charge in [-0.15, -0.1) is 0 Å². The van der Waals surface area contributed by atoms with Gasteiger partial charge in [-0.05, 0) is 63.1 Å². The molecule has 1 fully saturated rings. The summed E-state index contributed by atoms with van der Waals surface area (Å²) in [6.45, 7) is 4.79. The lowest BCUT2D eigenvalue weighted by molar-refractivity contribution is -0.127. The van der Waals surface area contributed by atoms with E-state index in [0.29, 0.717) is 24.5 Å². The molecule has 1 aliphatic heterocycles. The zero-order valence-electron chi connectivity index (χ0n) is 19.3. The van der Waals surface area contributed by atoms with Crippen LogP contribution in [0.3, 0.4) is 0 Å². The first-order chi connectivity index (χ1) is 16.0. The lowest BCUT2D eigenvalue weighted by Crippen LogP contribution is -2.65. The minimum Gasteiger partial charge on any atom is -0.494 e. The van der Waals surface area contributed by atoms with Crippen molar-refractivity contribution in [2.75, 3.05) is 11.5 Å². The topological polar surface area (TPSA) is 63.6 Å². The van der Waals surface area contributed by atoms with Gasteiger partial charge in [-0.1, -0.05) is 37.5 Å². The Labute approximate surface area is 194 Å². The molecule has 2 heterocycles. The van der Waals surface area contributed by atoms with Gasteiger partial charge in [-0.2, -0.15) is 0 Å². The van der Waals surface area contributed by atoms with E-state index in [4.69, 9.17) is 4.74 Å². The summed E-state index contributed by atoms with van der Waals surface area (Å²) in [5.41, 5.74) is 1.22. The Balaban J connectivity index is 1.58. The van der Waals surface area contributed by atoms with Crippen LogP contribution in [0.2, 0.25) is 0 Å². The fourth-order valence-electron chi connectivity index (χ4n) is 5.30. The summed E-state index contributed by atoms with van der Waals surface area (Å²) in [4.78, 5) is 29.4. The van der Waals surface area contributed by atoms with Crippen molar-refractivity contribution in [2.24, 2.45) is 0 Å². The number of aromatic nitrogens is 1. The molecule has 5 rings (SSSR count). The molecule has 0 saturated heterocycles. The molecule has 0 radical (unpaired) electrons. The molecule has 0 spiro atoms. The maximum absolute atomic E-state index is 13.9. The van der Waals surface area contributed by atoms with E-state index in [1.807, 2.05) is 73.0 Å². The average Bonchev–Trinajstić information content (AvgIpc) is 3.20. The second kappa shape index (κ2) is 8.58. The van der Waals surface area contributed by atoms with E-state index in [-0.39, 0.29) is 17.9 Å². The molecule has 2 amide bonds. The molecule has 0 unspecified atom stereocenters. The predicted molar refractivity (Wildman–Crippen MR) is 130 cm³/mol. The van der Waals surface area contributed by atoms with E-state index in [9.17, 15) is 9.59 Å². The van der Waals surface area contributed by atoms with Gasteiger partial charge in [0.05, 0.1) is 13.2 Å². The molecule has 6 nitrogen and oxygen atoms in total. The number of anilines is 1. The van der Waals surface area contributed by atoms with Crippen molar-refractivity contribution in [3.63, 3.8) is 0 Å².